The van der Waals surface area contributed by atoms with E-state index >= 15 is 0 Å². The summed E-state index contributed by atoms with van der Waals surface area (Å²) in [4.78, 5) is 27.7. The fourth-order valence-corrected chi connectivity index (χ4v) is 2.52. The average Bonchev–Trinajstić information content (AvgIpc) is 2.70. The molecule has 2 rings (SSSR count). The van der Waals surface area contributed by atoms with E-state index in [1.807, 2.05) is 0 Å². The highest BCUT2D eigenvalue weighted by atomic mass is 16.5. The normalized spacial score (nSPS) is 10.7. The van der Waals surface area contributed by atoms with Crippen molar-refractivity contribution >= 4 is 29.2 Å². The van der Waals surface area contributed by atoms with Crippen molar-refractivity contribution in [3.05, 3.63) is 58.9 Å². The second-order valence-corrected chi connectivity index (χ2v) is 5.94. The topological polar surface area (TPSA) is 144 Å². The van der Waals surface area contributed by atoms with Gasteiger partial charge in [-0.2, -0.15) is 0 Å². The predicted molar refractivity (Wildman–Crippen MR) is 109 cm³/mol. The molecule has 8 nitrogen and oxygen atoms in total. The van der Waals surface area contributed by atoms with Gasteiger partial charge in [-0.1, -0.05) is 12.1 Å². The van der Waals surface area contributed by atoms with Crippen molar-refractivity contribution in [1.82, 2.24) is 10.3 Å². The highest BCUT2D eigenvalue weighted by Crippen LogP contribution is 2.30. The fourth-order valence-electron chi connectivity index (χ4n) is 2.52. The number of nitrogens with zero attached hydrogens (tertiary/aromatic N) is 1. The van der Waals surface area contributed by atoms with Crippen LogP contribution in [0.25, 0.3) is 6.08 Å². The van der Waals surface area contributed by atoms with Crippen LogP contribution in [0.15, 0.2) is 36.5 Å². The van der Waals surface area contributed by atoms with Gasteiger partial charge in [0.15, 0.2) is 5.78 Å². The molecule has 28 heavy (non-hydrogen) atoms. The van der Waals surface area contributed by atoms with Gasteiger partial charge in [0.1, 0.15) is 11.4 Å². The summed E-state index contributed by atoms with van der Waals surface area (Å²) >= 11 is 0. The van der Waals surface area contributed by atoms with E-state index in [0.29, 0.717) is 35.6 Å². The van der Waals surface area contributed by atoms with Crippen molar-refractivity contribution in [2.24, 2.45) is 5.73 Å². The molecule has 1 amide bonds. The lowest BCUT2D eigenvalue weighted by Crippen LogP contribution is -2.29. The molecule has 0 aliphatic rings. The second-order valence-electron chi connectivity index (χ2n) is 5.94. The Bertz CT molecular complexity index is 920. The van der Waals surface area contributed by atoms with E-state index in [1.165, 1.54) is 26.3 Å². The van der Waals surface area contributed by atoms with Crippen molar-refractivity contribution in [2.45, 2.75) is 6.92 Å². The number of methoxy groups -OCH3 is 1. The zero-order valence-corrected chi connectivity index (χ0v) is 15.8. The highest BCUT2D eigenvalue weighted by Gasteiger charge is 2.19. The van der Waals surface area contributed by atoms with Crippen LogP contribution in [0.5, 0.6) is 5.75 Å². The number of hydrogen-bond donors (Lipinski definition) is 4. The van der Waals surface area contributed by atoms with Gasteiger partial charge in [-0.05, 0) is 29.8 Å². The Hall–Kier alpha value is -3.52. The average molecular weight is 381 g/mol. The maximum absolute atomic E-state index is 12.3. The summed E-state index contributed by atoms with van der Waals surface area (Å²) in [6.45, 7) is 2.08. The first kappa shape index (κ1) is 20.8. The van der Waals surface area contributed by atoms with Gasteiger partial charge in [0.25, 0.3) is 5.91 Å². The third-order valence-corrected chi connectivity index (χ3v) is 3.93. The zero-order valence-electron chi connectivity index (χ0n) is 15.8. The number of rotatable bonds is 8. The summed E-state index contributed by atoms with van der Waals surface area (Å²) in [6.07, 6.45) is 4.73. The summed E-state index contributed by atoms with van der Waals surface area (Å²) in [5, 5.41) is 11.0. The number of pyridine rings is 1. The van der Waals surface area contributed by atoms with E-state index in [4.69, 9.17) is 21.6 Å². The molecule has 0 radical (unpaired) electrons. The first-order chi connectivity index (χ1) is 13.4. The van der Waals surface area contributed by atoms with E-state index in [1.54, 1.807) is 30.3 Å². The number of carbonyl (C=O) groups is 2. The molecule has 0 saturated heterocycles. The number of nitrogen functional groups attached to an aromatic ring is 1. The smallest absolute Gasteiger partial charge is 0.255 e. The number of ether oxygens (including phenoxy) is 1. The molecule has 1 aromatic carbocycles. The zero-order chi connectivity index (χ0) is 20.7. The van der Waals surface area contributed by atoms with Crippen LogP contribution in [0.1, 0.15) is 38.9 Å². The van der Waals surface area contributed by atoms with Crippen molar-refractivity contribution in [1.29, 1.82) is 5.41 Å². The van der Waals surface area contributed by atoms with Crippen LogP contribution in [-0.2, 0) is 0 Å². The largest absolute Gasteiger partial charge is 0.495 e. The minimum absolute atomic E-state index is 0.0680. The third-order valence-electron chi connectivity index (χ3n) is 3.93. The second kappa shape index (κ2) is 9.43. The molecular weight excluding hydrogens is 358 g/mol. The standard InChI is InChI=1S/C20H23N5O3/c1-12(26)17-8-4-13(11-25-17)3-6-15(22)18-16(23)7-5-14(19(18)28-2)20(27)24-10-9-21/h3-8,11,22H,9-10,21,23H2,1-2H3,(H,24,27)/b6-3+,22-15?. The van der Waals surface area contributed by atoms with Gasteiger partial charge < -0.3 is 26.9 Å². The molecule has 0 atom stereocenters. The molecular formula is C20H23N5O3. The monoisotopic (exact) mass is 381 g/mol. The Labute approximate surface area is 163 Å². The molecule has 0 aliphatic heterocycles. The quantitative estimate of drug-likeness (QED) is 0.311. The number of benzene rings is 1. The van der Waals surface area contributed by atoms with Crippen LogP contribution < -0.4 is 21.5 Å². The summed E-state index contributed by atoms with van der Waals surface area (Å²) in [6, 6.07) is 6.44. The van der Waals surface area contributed by atoms with E-state index in [0.717, 1.165) is 0 Å². The number of anilines is 1. The Morgan fingerprint density at radius 3 is 2.61 bits per heavy atom. The summed E-state index contributed by atoms with van der Waals surface area (Å²) in [7, 11) is 1.42. The maximum Gasteiger partial charge on any atom is 0.255 e. The van der Waals surface area contributed by atoms with Gasteiger partial charge in [0, 0.05) is 31.9 Å². The molecule has 0 fully saturated rings. The number of ketones is 1. The number of nitrogens with one attached hydrogen (secondary N) is 2. The number of hydrogen-bond acceptors (Lipinski definition) is 7. The molecule has 8 heteroatoms. The van der Waals surface area contributed by atoms with Crippen molar-refractivity contribution in [3.8, 4) is 5.75 Å². The van der Waals surface area contributed by atoms with E-state index in [-0.39, 0.29) is 28.7 Å². The molecule has 0 aliphatic carbocycles. The molecule has 0 saturated carbocycles. The summed E-state index contributed by atoms with van der Waals surface area (Å²) in [5.74, 6) is -0.260. The van der Waals surface area contributed by atoms with Crippen molar-refractivity contribution < 1.29 is 14.3 Å². The molecule has 1 aromatic heterocycles. The molecule has 0 spiro atoms. The number of aromatic nitrogens is 1. The lowest BCUT2D eigenvalue weighted by atomic mass is 10.0. The number of Topliss-reactive ketones (excluding diaryl/α,β-unsaturated/α-hetero) is 1. The molecule has 6 N–H and O–H groups in total. The Morgan fingerprint density at radius 1 is 1.29 bits per heavy atom. The Kier molecular flexibility index (Phi) is 7.00. The van der Waals surface area contributed by atoms with Crippen LogP contribution in [0.4, 0.5) is 5.69 Å². The molecule has 146 valence electrons. The van der Waals surface area contributed by atoms with Crippen LogP contribution in [0.3, 0.4) is 0 Å². The summed E-state index contributed by atoms with van der Waals surface area (Å²) < 4.78 is 5.38. The van der Waals surface area contributed by atoms with Gasteiger partial charge in [-0.3, -0.25) is 14.6 Å². The molecule has 1 heterocycles. The number of nitrogens with two attached hydrogens (primary N) is 2. The van der Waals surface area contributed by atoms with Gasteiger partial charge in [0.05, 0.1) is 23.9 Å². The number of allylic oxidation sites excluding steroid dienone is 1. The minimum Gasteiger partial charge on any atom is -0.495 e. The Balaban J connectivity index is 2.33. The van der Waals surface area contributed by atoms with Crippen molar-refractivity contribution in [3.63, 3.8) is 0 Å². The summed E-state index contributed by atoms with van der Waals surface area (Å²) in [5.41, 5.74) is 13.5. The highest BCUT2D eigenvalue weighted by molar-refractivity contribution is 6.15. The molecule has 0 unspecified atom stereocenters. The first-order valence-electron chi connectivity index (χ1n) is 8.57. The first-order valence-corrected chi connectivity index (χ1v) is 8.57. The van der Waals surface area contributed by atoms with Crippen LogP contribution in [-0.4, -0.2) is 42.6 Å². The van der Waals surface area contributed by atoms with Crippen LogP contribution in [0, 0.1) is 5.41 Å². The lowest BCUT2D eigenvalue weighted by molar-refractivity contribution is 0.0950. The fraction of sp³-hybridized carbons (Fsp3) is 0.200. The Morgan fingerprint density at radius 2 is 2.04 bits per heavy atom. The maximum atomic E-state index is 12.3. The lowest BCUT2D eigenvalue weighted by Gasteiger charge is -2.15. The SMILES string of the molecule is COc1c(C(=O)NCCN)ccc(N)c1C(=N)/C=C/c1ccc(C(C)=O)nc1. The van der Waals surface area contributed by atoms with Gasteiger partial charge in [0.2, 0.25) is 0 Å². The van der Waals surface area contributed by atoms with Gasteiger partial charge in [-0.15, -0.1) is 0 Å². The third kappa shape index (κ3) is 4.80. The molecule has 0 bridgehead atoms. The van der Waals surface area contributed by atoms with E-state index in [2.05, 4.69) is 10.3 Å². The van der Waals surface area contributed by atoms with Crippen LogP contribution in [0.2, 0.25) is 0 Å². The predicted octanol–water partition coefficient (Wildman–Crippen LogP) is 1.64. The van der Waals surface area contributed by atoms with Gasteiger partial charge >= 0.3 is 0 Å². The minimum atomic E-state index is -0.357. The van der Waals surface area contributed by atoms with Crippen molar-refractivity contribution in [2.75, 3.05) is 25.9 Å². The number of amides is 1. The van der Waals surface area contributed by atoms with Crippen LogP contribution >= 0.6 is 0 Å². The van der Waals surface area contributed by atoms with E-state index < -0.39 is 0 Å². The van der Waals surface area contributed by atoms with E-state index in [9.17, 15) is 9.59 Å². The van der Waals surface area contributed by atoms with Gasteiger partial charge in [-0.25, -0.2) is 0 Å². The number of carbonyl (C=O) groups excluding carboxylic acids is 2. The molecule has 2 aromatic rings.